The van der Waals surface area contributed by atoms with Crippen molar-refractivity contribution in [3.05, 3.63) is 29.8 Å². The summed E-state index contributed by atoms with van der Waals surface area (Å²) >= 11 is 0. The minimum atomic E-state index is -0.559. The zero-order chi connectivity index (χ0) is 14.3. The van der Waals surface area contributed by atoms with Gasteiger partial charge in [0, 0.05) is 6.54 Å². The minimum Gasteiger partial charge on any atom is -0.508 e. The summed E-state index contributed by atoms with van der Waals surface area (Å²) in [6, 6.07) is 5.94. The van der Waals surface area contributed by atoms with E-state index in [0.717, 1.165) is 6.42 Å². The lowest BCUT2D eigenvalue weighted by Gasteiger charge is -2.13. The number of carbonyl (C=O) groups is 2. The van der Waals surface area contributed by atoms with E-state index in [1.807, 2.05) is 6.92 Å². The van der Waals surface area contributed by atoms with E-state index < -0.39 is 6.04 Å². The fourth-order valence-electron chi connectivity index (χ4n) is 1.61. The molecule has 5 nitrogen and oxygen atoms in total. The average molecular weight is 264 g/mol. The zero-order valence-corrected chi connectivity index (χ0v) is 11.3. The molecule has 1 atom stereocenters. The first kappa shape index (κ1) is 15.0. The zero-order valence-electron chi connectivity index (χ0n) is 11.3. The molecule has 0 aliphatic carbocycles. The van der Waals surface area contributed by atoms with Crippen molar-refractivity contribution in [1.29, 1.82) is 0 Å². The third-order valence-electron chi connectivity index (χ3n) is 2.60. The van der Waals surface area contributed by atoms with Crippen molar-refractivity contribution >= 4 is 11.8 Å². The summed E-state index contributed by atoms with van der Waals surface area (Å²) < 4.78 is 0. The Morgan fingerprint density at radius 2 is 2.11 bits per heavy atom. The number of nitrogens with one attached hydrogen (secondary N) is 2. The first-order valence-electron chi connectivity index (χ1n) is 6.38. The Hall–Kier alpha value is -2.04. The fraction of sp³-hybridized carbons (Fsp3) is 0.429. The number of carbonyl (C=O) groups excluding carboxylic acids is 2. The van der Waals surface area contributed by atoms with E-state index in [9.17, 15) is 14.7 Å². The predicted octanol–water partition coefficient (Wildman–Crippen LogP) is 0.966. The molecule has 0 aliphatic rings. The second kappa shape index (κ2) is 7.41. The van der Waals surface area contributed by atoms with Crippen LogP contribution in [-0.4, -0.2) is 29.5 Å². The van der Waals surface area contributed by atoms with Gasteiger partial charge in [-0.25, -0.2) is 0 Å². The number of benzene rings is 1. The van der Waals surface area contributed by atoms with Crippen LogP contribution in [0.3, 0.4) is 0 Å². The second-order valence-corrected chi connectivity index (χ2v) is 4.43. The molecule has 0 saturated heterocycles. The molecule has 0 spiro atoms. The highest BCUT2D eigenvalue weighted by Crippen LogP contribution is 2.11. The summed E-state index contributed by atoms with van der Waals surface area (Å²) in [5.74, 6) is -0.310. The van der Waals surface area contributed by atoms with Crippen LogP contribution < -0.4 is 10.6 Å². The summed E-state index contributed by atoms with van der Waals surface area (Å²) in [6.07, 6.45) is 0.996. The summed E-state index contributed by atoms with van der Waals surface area (Å²) in [5, 5.41) is 14.6. The smallest absolute Gasteiger partial charge is 0.242 e. The molecule has 2 amide bonds. The Kier molecular flexibility index (Phi) is 5.85. The molecule has 3 N–H and O–H groups in total. The van der Waals surface area contributed by atoms with Crippen molar-refractivity contribution < 1.29 is 14.7 Å². The first-order valence-corrected chi connectivity index (χ1v) is 6.38. The maximum atomic E-state index is 11.7. The van der Waals surface area contributed by atoms with Gasteiger partial charge >= 0.3 is 0 Å². The lowest BCUT2D eigenvalue weighted by molar-refractivity contribution is -0.128. The van der Waals surface area contributed by atoms with Crippen LogP contribution in [0, 0.1) is 0 Å². The molecule has 5 heteroatoms. The van der Waals surface area contributed by atoms with Crippen LogP contribution in [0.25, 0.3) is 0 Å². The molecule has 0 heterocycles. The highest BCUT2D eigenvalue weighted by atomic mass is 16.3. The molecule has 1 unspecified atom stereocenters. The van der Waals surface area contributed by atoms with Crippen molar-refractivity contribution in [2.45, 2.75) is 32.7 Å². The van der Waals surface area contributed by atoms with Gasteiger partial charge in [0.05, 0.1) is 6.42 Å². The van der Waals surface area contributed by atoms with Gasteiger partial charge in [0.25, 0.3) is 0 Å². The third-order valence-corrected chi connectivity index (χ3v) is 2.60. The lowest BCUT2D eigenvalue weighted by Crippen LogP contribution is -2.45. The van der Waals surface area contributed by atoms with Gasteiger partial charge in [0.1, 0.15) is 11.8 Å². The molecule has 0 bridgehead atoms. The van der Waals surface area contributed by atoms with Gasteiger partial charge in [-0.2, -0.15) is 0 Å². The van der Waals surface area contributed by atoms with E-state index in [1.54, 1.807) is 25.1 Å². The SMILES string of the molecule is CCCNC(=O)C(C)NC(=O)Cc1cccc(O)c1. The van der Waals surface area contributed by atoms with Gasteiger partial charge in [0.15, 0.2) is 0 Å². The van der Waals surface area contributed by atoms with Gasteiger partial charge in [-0.3, -0.25) is 9.59 Å². The molecule has 19 heavy (non-hydrogen) atoms. The lowest BCUT2D eigenvalue weighted by atomic mass is 10.1. The Balaban J connectivity index is 2.44. The van der Waals surface area contributed by atoms with Crippen molar-refractivity contribution in [2.24, 2.45) is 0 Å². The molecule has 0 aromatic heterocycles. The number of hydrogen-bond donors (Lipinski definition) is 3. The summed E-state index contributed by atoms with van der Waals surface area (Å²) in [7, 11) is 0. The van der Waals surface area contributed by atoms with Crippen molar-refractivity contribution in [3.63, 3.8) is 0 Å². The van der Waals surface area contributed by atoms with E-state index >= 15 is 0 Å². The Morgan fingerprint density at radius 3 is 2.74 bits per heavy atom. The van der Waals surface area contributed by atoms with Crippen LogP contribution in [0.2, 0.25) is 0 Å². The number of phenols is 1. The number of rotatable bonds is 6. The largest absolute Gasteiger partial charge is 0.508 e. The Labute approximate surface area is 113 Å². The van der Waals surface area contributed by atoms with Gasteiger partial charge < -0.3 is 15.7 Å². The predicted molar refractivity (Wildman–Crippen MR) is 72.7 cm³/mol. The number of phenolic OH excluding ortho intramolecular Hbond substituents is 1. The highest BCUT2D eigenvalue weighted by Gasteiger charge is 2.14. The van der Waals surface area contributed by atoms with Crippen LogP contribution in [-0.2, 0) is 16.0 Å². The topological polar surface area (TPSA) is 78.4 Å². The molecular weight excluding hydrogens is 244 g/mol. The molecule has 1 rings (SSSR count). The summed E-state index contributed by atoms with van der Waals surface area (Å²) in [5.41, 5.74) is 0.707. The molecule has 104 valence electrons. The van der Waals surface area contributed by atoms with E-state index in [0.29, 0.717) is 12.1 Å². The monoisotopic (exact) mass is 264 g/mol. The standard InChI is InChI=1S/C14H20N2O3/c1-3-7-15-14(19)10(2)16-13(18)9-11-5-4-6-12(17)8-11/h4-6,8,10,17H,3,7,9H2,1-2H3,(H,15,19)(H,16,18). The Morgan fingerprint density at radius 1 is 1.37 bits per heavy atom. The van der Waals surface area contributed by atoms with Crippen LogP contribution >= 0.6 is 0 Å². The quantitative estimate of drug-likeness (QED) is 0.716. The van der Waals surface area contributed by atoms with Crippen LogP contribution in [0.5, 0.6) is 5.75 Å². The van der Waals surface area contributed by atoms with E-state index in [-0.39, 0.29) is 24.0 Å². The number of aromatic hydroxyl groups is 1. The van der Waals surface area contributed by atoms with Gasteiger partial charge in [-0.1, -0.05) is 19.1 Å². The van der Waals surface area contributed by atoms with E-state index in [1.165, 1.54) is 6.07 Å². The molecule has 0 radical (unpaired) electrons. The summed E-state index contributed by atoms with van der Waals surface area (Å²) in [6.45, 7) is 4.21. The molecular formula is C14H20N2O3. The molecule has 1 aromatic rings. The van der Waals surface area contributed by atoms with Gasteiger partial charge in [0.2, 0.25) is 11.8 Å². The van der Waals surface area contributed by atoms with Crippen molar-refractivity contribution in [3.8, 4) is 5.75 Å². The average Bonchev–Trinajstić information content (AvgIpc) is 2.35. The first-order chi connectivity index (χ1) is 9.02. The second-order valence-electron chi connectivity index (χ2n) is 4.43. The highest BCUT2D eigenvalue weighted by molar-refractivity contribution is 5.88. The fourth-order valence-corrected chi connectivity index (χ4v) is 1.61. The van der Waals surface area contributed by atoms with Gasteiger partial charge in [-0.05, 0) is 31.0 Å². The molecule has 0 saturated carbocycles. The van der Waals surface area contributed by atoms with Crippen molar-refractivity contribution in [1.82, 2.24) is 10.6 Å². The normalized spacial score (nSPS) is 11.7. The van der Waals surface area contributed by atoms with Crippen molar-refractivity contribution in [2.75, 3.05) is 6.54 Å². The van der Waals surface area contributed by atoms with Gasteiger partial charge in [-0.15, -0.1) is 0 Å². The third kappa shape index (κ3) is 5.42. The van der Waals surface area contributed by atoms with E-state index in [2.05, 4.69) is 10.6 Å². The van der Waals surface area contributed by atoms with Crippen LogP contribution in [0.4, 0.5) is 0 Å². The molecule has 0 fully saturated rings. The van der Waals surface area contributed by atoms with E-state index in [4.69, 9.17) is 0 Å². The molecule has 0 aliphatic heterocycles. The maximum Gasteiger partial charge on any atom is 0.242 e. The number of amides is 2. The van der Waals surface area contributed by atoms with Crippen LogP contribution in [0.1, 0.15) is 25.8 Å². The summed E-state index contributed by atoms with van der Waals surface area (Å²) in [4.78, 5) is 23.3. The Bertz CT molecular complexity index is 446. The number of hydrogen-bond acceptors (Lipinski definition) is 3. The maximum absolute atomic E-state index is 11.7. The molecule has 1 aromatic carbocycles. The minimum absolute atomic E-state index is 0.124. The van der Waals surface area contributed by atoms with Crippen LogP contribution in [0.15, 0.2) is 24.3 Å².